The Morgan fingerprint density at radius 2 is 2.43 bits per heavy atom. The SMILES string of the molecule is O=C(NCc1cccc(Cl)c1)c1noc(C2CCCN2)n1. The Hall–Kier alpha value is -1.92. The predicted octanol–water partition coefficient (Wildman–Crippen LogP) is 2.08. The monoisotopic (exact) mass is 306 g/mol. The maximum Gasteiger partial charge on any atom is 0.292 e. The minimum Gasteiger partial charge on any atom is -0.345 e. The summed E-state index contributed by atoms with van der Waals surface area (Å²) in [6.07, 6.45) is 2.02. The number of aromatic nitrogens is 2. The van der Waals surface area contributed by atoms with E-state index in [1.54, 1.807) is 12.1 Å². The van der Waals surface area contributed by atoms with Gasteiger partial charge in [-0.2, -0.15) is 4.98 Å². The normalized spacial score (nSPS) is 17.9. The summed E-state index contributed by atoms with van der Waals surface area (Å²) in [5.41, 5.74) is 0.914. The standard InChI is InChI=1S/C14H15ClN4O2/c15-10-4-1-3-9(7-10)8-17-13(20)12-18-14(21-19-12)11-5-2-6-16-11/h1,3-4,7,11,16H,2,5-6,8H2,(H,17,20). The maximum atomic E-state index is 12.0. The Morgan fingerprint density at radius 3 is 3.19 bits per heavy atom. The molecule has 0 spiro atoms. The van der Waals surface area contributed by atoms with Gasteiger partial charge in [-0.15, -0.1) is 0 Å². The number of amides is 1. The molecule has 1 aliphatic rings. The number of carbonyl (C=O) groups is 1. The number of benzene rings is 1. The lowest BCUT2D eigenvalue weighted by atomic mass is 10.2. The lowest BCUT2D eigenvalue weighted by Gasteiger charge is -2.03. The van der Waals surface area contributed by atoms with Gasteiger partial charge in [0, 0.05) is 11.6 Å². The molecule has 1 aromatic carbocycles. The van der Waals surface area contributed by atoms with Crippen molar-refractivity contribution in [2.75, 3.05) is 6.54 Å². The zero-order chi connectivity index (χ0) is 14.7. The first-order chi connectivity index (χ1) is 10.2. The second kappa shape index (κ2) is 6.24. The molecular weight excluding hydrogens is 292 g/mol. The predicted molar refractivity (Wildman–Crippen MR) is 76.9 cm³/mol. The molecule has 1 fully saturated rings. The summed E-state index contributed by atoms with van der Waals surface area (Å²) >= 11 is 5.89. The van der Waals surface area contributed by atoms with E-state index in [1.165, 1.54) is 0 Å². The van der Waals surface area contributed by atoms with Crippen LogP contribution in [0, 0.1) is 0 Å². The largest absolute Gasteiger partial charge is 0.345 e. The first kappa shape index (κ1) is 14.0. The van der Waals surface area contributed by atoms with Crippen molar-refractivity contribution < 1.29 is 9.32 Å². The van der Waals surface area contributed by atoms with E-state index in [0.29, 0.717) is 17.5 Å². The second-order valence-electron chi connectivity index (χ2n) is 4.92. The highest BCUT2D eigenvalue weighted by molar-refractivity contribution is 6.30. The summed E-state index contributed by atoms with van der Waals surface area (Å²) in [4.78, 5) is 16.1. The van der Waals surface area contributed by atoms with E-state index in [4.69, 9.17) is 16.1 Å². The summed E-state index contributed by atoms with van der Waals surface area (Å²) < 4.78 is 5.14. The van der Waals surface area contributed by atoms with Crippen LogP contribution in [0.4, 0.5) is 0 Å². The van der Waals surface area contributed by atoms with Crippen molar-refractivity contribution in [3.05, 3.63) is 46.6 Å². The molecule has 1 amide bonds. The van der Waals surface area contributed by atoms with Crippen LogP contribution in [0.5, 0.6) is 0 Å². The number of hydrogen-bond acceptors (Lipinski definition) is 5. The molecule has 3 rings (SSSR count). The molecule has 1 aliphatic heterocycles. The molecule has 1 unspecified atom stereocenters. The Kier molecular flexibility index (Phi) is 4.17. The van der Waals surface area contributed by atoms with E-state index >= 15 is 0 Å². The third-order valence-corrected chi connectivity index (χ3v) is 3.58. The van der Waals surface area contributed by atoms with Crippen molar-refractivity contribution in [1.82, 2.24) is 20.8 Å². The van der Waals surface area contributed by atoms with Crippen LogP contribution >= 0.6 is 11.6 Å². The van der Waals surface area contributed by atoms with E-state index in [1.807, 2.05) is 12.1 Å². The van der Waals surface area contributed by atoms with Gasteiger partial charge in [0.05, 0.1) is 6.04 Å². The molecule has 0 aliphatic carbocycles. The summed E-state index contributed by atoms with van der Waals surface area (Å²) in [5, 5.41) is 10.4. The van der Waals surface area contributed by atoms with Crippen LogP contribution in [0.2, 0.25) is 5.02 Å². The average Bonchev–Trinajstić information content (AvgIpc) is 3.15. The minimum absolute atomic E-state index is 0.0562. The van der Waals surface area contributed by atoms with Crippen molar-refractivity contribution in [3.63, 3.8) is 0 Å². The number of carbonyl (C=O) groups excluding carboxylic acids is 1. The van der Waals surface area contributed by atoms with E-state index in [2.05, 4.69) is 20.8 Å². The zero-order valence-electron chi connectivity index (χ0n) is 11.3. The molecule has 1 atom stereocenters. The number of rotatable bonds is 4. The molecule has 0 saturated carbocycles. The fourth-order valence-corrected chi connectivity index (χ4v) is 2.49. The topological polar surface area (TPSA) is 80.0 Å². The molecule has 7 heteroatoms. The van der Waals surface area contributed by atoms with Crippen molar-refractivity contribution in [2.45, 2.75) is 25.4 Å². The molecule has 0 bridgehead atoms. The molecule has 1 aromatic heterocycles. The molecular formula is C14H15ClN4O2. The molecule has 2 aromatic rings. The summed E-state index contributed by atoms with van der Waals surface area (Å²) in [5.74, 6) is 0.170. The Labute approximate surface area is 126 Å². The van der Waals surface area contributed by atoms with E-state index in [0.717, 1.165) is 24.9 Å². The number of nitrogens with one attached hydrogen (secondary N) is 2. The van der Waals surface area contributed by atoms with Crippen LogP contribution in [0.15, 0.2) is 28.8 Å². The van der Waals surface area contributed by atoms with Gasteiger partial charge in [-0.3, -0.25) is 4.79 Å². The molecule has 0 radical (unpaired) electrons. The Balaban J connectivity index is 1.60. The van der Waals surface area contributed by atoms with Crippen LogP contribution in [0.3, 0.4) is 0 Å². The van der Waals surface area contributed by atoms with Gasteiger partial charge in [-0.25, -0.2) is 0 Å². The van der Waals surface area contributed by atoms with Gasteiger partial charge in [0.15, 0.2) is 0 Å². The Bertz CT molecular complexity index is 637. The molecule has 1 saturated heterocycles. The van der Waals surface area contributed by atoms with Crippen molar-refractivity contribution >= 4 is 17.5 Å². The van der Waals surface area contributed by atoms with Crippen molar-refractivity contribution in [1.29, 1.82) is 0 Å². The van der Waals surface area contributed by atoms with Crippen molar-refractivity contribution in [2.24, 2.45) is 0 Å². The molecule has 110 valence electrons. The fraction of sp³-hybridized carbons (Fsp3) is 0.357. The molecule has 2 heterocycles. The second-order valence-corrected chi connectivity index (χ2v) is 5.35. The van der Waals surface area contributed by atoms with Gasteiger partial charge in [0.2, 0.25) is 5.89 Å². The van der Waals surface area contributed by atoms with Crippen LogP contribution in [0.1, 0.15) is 41.0 Å². The quantitative estimate of drug-likeness (QED) is 0.904. The van der Waals surface area contributed by atoms with Crippen LogP contribution in [-0.4, -0.2) is 22.6 Å². The molecule has 6 nitrogen and oxygen atoms in total. The third kappa shape index (κ3) is 3.40. The maximum absolute atomic E-state index is 12.0. The summed E-state index contributed by atoms with van der Waals surface area (Å²) in [6, 6.07) is 7.36. The van der Waals surface area contributed by atoms with Crippen molar-refractivity contribution in [3.8, 4) is 0 Å². The first-order valence-corrected chi connectivity index (χ1v) is 7.20. The third-order valence-electron chi connectivity index (χ3n) is 3.35. The minimum atomic E-state index is -0.358. The highest BCUT2D eigenvalue weighted by Crippen LogP contribution is 2.21. The number of hydrogen-bond donors (Lipinski definition) is 2. The fourth-order valence-electron chi connectivity index (χ4n) is 2.27. The smallest absolute Gasteiger partial charge is 0.292 e. The summed E-state index contributed by atoms with van der Waals surface area (Å²) in [6.45, 7) is 1.30. The highest BCUT2D eigenvalue weighted by atomic mass is 35.5. The summed E-state index contributed by atoms with van der Waals surface area (Å²) in [7, 11) is 0. The van der Waals surface area contributed by atoms with Crippen LogP contribution < -0.4 is 10.6 Å². The molecule has 21 heavy (non-hydrogen) atoms. The van der Waals surface area contributed by atoms with Gasteiger partial charge < -0.3 is 15.2 Å². The van der Waals surface area contributed by atoms with Gasteiger partial charge in [0.1, 0.15) is 0 Å². The first-order valence-electron chi connectivity index (χ1n) is 6.82. The van der Waals surface area contributed by atoms with E-state index in [9.17, 15) is 4.79 Å². The van der Waals surface area contributed by atoms with Crippen LogP contribution in [0.25, 0.3) is 0 Å². The van der Waals surface area contributed by atoms with Gasteiger partial charge in [-0.05, 0) is 37.1 Å². The molecule has 2 N–H and O–H groups in total. The van der Waals surface area contributed by atoms with Gasteiger partial charge in [0.25, 0.3) is 11.7 Å². The van der Waals surface area contributed by atoms with Gasteiger partial charge >= 0.3 is 0 Å². The average molecular weight is 307 g/mol. The lowest BCUT2D eigenvalue weighted by molar-refractivity contribution is 0.0937. The zero-order valence-corrected chi connectivity index (χ0v) is 12.1. The highest BCUT2D eigenvalue weighted by Gasteiger charge is 2.24. The number of halogens is 1. The van der Waals surface area contributed by atoms with E-state index in [-0.39, 0.29) is 17.8 Å². The lowest BCUT2D eigenvalue weighted by Crippen LogP contribution is -2.24. The number of nitrogens with zero attached hydrogens (tertiary/aromatic N) is 2. The Morgan fingerprint density at radius 1 is 1.52 bits per heavy atom. The van der Waals surface area contributed by atoms with Gasteiger partial charge in [-0.1, -0.05) is 28.9 Å². The van der Waals surface area contributed by atoms with E-state index < -0.39 is 0 Å². The van der Waals surface area contributed by atoms with Crippen LogP contribution in [-0.2, 0) is 6.54 Å².